The van der Waals surface area contributed by atoms with Crippen molar-refractivity contribution in [2.75, 3.05) is 5.88 Å². The molecule has 2 aromatic rings. The number of halogens is 2. The van der Waals surface area contributed by atoms with Gasteiger partial charge in [0.1, 0.15) is 18.2 Å². The average Bonchev–Trinajstić information content (AvgIpc) is 2.48. The van der Waals surface area contributed by atoms with E-state index in [0.29, 0.717) is 30.2 Å². The summed E-state index contributed by atoms with van der Waals surface area (Å²) in [6, 6.07) is 14.4. The van der Waals surface area contributed by atoms with Crippen LogP contribution in [0.25, 0.3) is 0 Å². The number of hydrogen-bond acceptors (Lipinski definition) is 1. The first-order valence-electron chi connectivity index (χ1n) is 6.30. The summed E-state index contributed by atoms with van der Waals surface area (Å²) in [4.78, 5) is 0. The quantitative estimate of drug-likeness (QED) is 0.599. The average molecular weight is 289 g/mol. The van der Waals surface area contributed by atoms with Crippen LogP contribution in [-0.4, -0.2) is 5.88 Å². The van der Waals surface area contributed by atoms with Crippen LogP contribution >= 0.6 is 11.6 Å². The van der Waals surface area contributed by atoms with Crippen molar-refractivity contribution >= 4 is 11.6 Å². The molecule has 0 amide bonds. The molecular weight excluding hydrogens is 275 g/mol. The number of alkyl halides is 1. The molecule has 20 heavy (non-hydrogen) atoms. The van der Waals surface area contributed by atoms with Crippen molar-refractivity contribution in [3.63, 3.8) is 0 Å². The van der Waals surface area contributed by atoms with Crippen molar-refractivity contribution in [1.29, 1.82) is 0 Å². The van der Waals surface area contributed by atoms with Crippen LogP contribution in [0.1, 0.15) is 17.5 Å². The zero-order valence-corrected chi connectivity index (χ0v) is 11.7. The van der Waals surface area contributed by atoms with E-state index in [1.807, 2.05) is 30.3 Å². The number of ether oxygens (including phenoxy) is 1. The van der Waals surface area contributed by atoms with Crippen LogP contribution < -0.4 is 4.74 Å². The maximum atomic E-state index is 13.8. The lowest BCUT2D eigenvalue weighted by molar-refractivity contribution is 0.304. The molecule has 0 aliphatic carbocycles. The predicted molar refractivity (Wildman–Crippen MR) is 79.4 cm³/mol. The standard InChI is InChI=1S/C17H14ClFO/c18-11-5-4-8-15-9-10-16(12-17(15)19)20-13-14-6-2-1-3-7-14/h1-3,6-7,9-10,12H,5,11,13H2. The molecule has 2 rings (SSSR count). The van der Waals surface area contributed by atoms with Gasteiger partial charge < -0.3 is 4.74 Å². The van der Waals surface area contributed by atoms with Gasteiger partial charge >= 0.3 is 0 Å². The van der Waals surface area contributed by atoms with Crippen molar-refractivity contribution in [3.05, 3.63) is 65.5 Å². The first-order chi connectivity index (χ1) is 9.79. The second-order valence-electron chi connectivity index (χ2n) is 4.16. The van der Waals surface area contributed by atoms with Crippen molar-refractivity contribution in [1.82, 2.24) is 0 Å². The summed E-state index contributed by atoms with van der Waals surface area (Å²) in [6.45, 7) is 0.414. The molecule has 0 aliphatic heterocycles. The molecule has 0 saturated heterocycles. The van der Waals surface area contributed by atoms with E-state index in [1.165, 1.54) is 6.07 Å². The van der Waals surface area contributed by atoms with Crippen molar-refractivity contribution in [3.8, 4) is 17.6 Å². The molecule has 0 fully saturated rings. The summed E-state index contributed by atoms with van der Waals surface area (Å²) in [5.41, 5.74) is 1.40. The molecule has 2 aromatic carbocycles. The molecule has 0 aliphatic rings. The van der Waals surface area contributed by atoms with E-state index in [2.05, 4.69) is 11.8 Å². The predicted octanol–water partition coefficient (Wildman–Crippen LogP) is 4.39. The van der Waals surface area contributed by atoms with Crippen LogP contribution in [0, 0.1) is 17.7 Å². The normalized spacial score (nSPS) is 9.70. The molecule has 0 N–H and O–H groups in total. The SMILES string of the molecule is Fc1cc(OCc2ccccc2)ccc1C#CCCCl. The van der Waals surface area contributed by atoms with E-state index in [4.69, 9.17) is 16.3 Å². The highest BCUT2D eigenvalue weighted by Crippen LogP contribution is 2.17. The first-order valence-corrected chi connectivity index (χ1v) is 6.84. The summed E-state index contributed by atoms with van der Waals surface area (Å²) >= 11 is 5.52. The molecule has 0 heterocycles. The van der Waals surface area contributed by atoms with Crippen LogP contribution in [0.5, 0.6) is 5.75 Å². The highest BCUT2D eigenvalue weighted by molar-refractivity contribution is 6.18. The Labute approximate surface area is 123 Å². The Bertz CT molecular complexity index is 614. The van der Waals surface area contributed by atoms with Crippen LogP contribution in [0.15, 0.2) is 48.5 Å². The van der Waals surface area contributed by atoms with Gasteiger partial charge in [-0.3, -0.25) is 0 Å². The third-order valence-electron chi connectivity index (χ3n) is 2.63. The highest BCUT2D eigenvalue weighted by atomic mass is 35.5. The third-order valence-corrected chi connectivity index (χ3v) is 2.82. The summed E-state index contributed by atoms with van der Waals surface area (Å²) in [6.07, 6.45) is 0.549. The lowest BCUT2D eigenvalue weighted by atomic mass is 10.2. The van der Waals surface area contributed by atoms with Crippen LogP contribution in [0.2, 0.25) is 0 Å². The van der Waals surface area contributed by atoms with Gasteiger partial charge in [0.2, 0.25) is 0 Å². The molecule has 0 unspecified atom stereocenters. The zero-order valence-electron chi connectivity index (χ0n) is 10.9. The van der Waals surface area contributed by atoms with E-state index in [0.717, 1.165) is 5.56 Å². The second kappa shape index (κ2) is 7.57. The summed E-state index contributed by atoms with van der Waals surface area (Å²) in [5, 5.41) is 0. The molecule has 0 saturated carbocycles. The Morgan fingerprint density at radius 1 is 1.10 bits per heavy atom. The largest absolute Gasteiger partial charge is 0.489 e. The monoisotopic (exact) mass is 288 g/mol. The topological polar surface area (TPSA) is 9.23 Å². The van der Waals surface area contributed by atoms with Gasteiger partial charge in [-0.05, 0) is 17.7 Å². The molecule has 0 bridgehead atoms. The Morgan fingerprint density at radius 2 is 1.90 bits per heavy atom. The first kappa shape index (κ1) is 14.4. The Balaban J connectivity index is 2.01. The molecule has 0 spiro atoms. The molecule has 0 radical (unpaired) electrons. The van der Waals surface area contributed by atoms with Gasteiger partial charge in [-0.25, -0.2) is 4.39 Å². The fourth-order valence-corrected chi connectivity index (χ4v) is 1.73. The van der Waals surface area contributed by atoms with Crippen LogP contribution in [0.3, 0.4) is 0 Å². The van der Waals surface area contributed by atoms with Gasteiger partial charge in [-0.2, -0.15) is 0 Å². The van der Waals surface area contributed by atoms with E-state index >= 15 is 0 Å². The summed E-state index contributed by atoms with van der Waals surface area (Å²) < 4.78 is 19.3. The van der Waals surface area contributed by atoms with E-state index < -0.39 is 0 Å². The molecule has 102 valence electrons. The Kier molecular flexibility index (Phi) is 5.46. The van der Waals surface area contributed by atoms with Crippen molar-refractivity contribution < 1.29 is 9.13 Å². The maximum Gasteiger partial charge on any atom is 0.142 e. The third kappa shape index (κ3) is 4.29. The van der Waals surface area contributed by atoms with Gasteiger partial charge in [-0.1, -0.05) is 42.2 Å². The molecular formula is C17H14ClFO. The van der Waals surface area contributed by atoms with Crippen molar-refractivity contribution in [2.45, 2.75) is 13.0 Å². The lowest BCUT2D eigenvalue weighted by Gasteiger charge is -2.06. The van der Waals surface area contributed by atoms with Crippen molar-refractivity contribution in [2.24, 2.45) is 0 Å². The number of rotatable bonds is 4. The minimum atomic E-state index is -0.377. The van der Waals surface area contributed by atoms with E-state index in [1.54, 1.807) is 12.1 Å². The van der Waals surface area contributed by atoms with Gasteiger partial charge in [0, 0.05) is 18.4 Å². The summed E-state index contributed by atoms with van der Waals surface area (Å²) in [5.74, 6) is 6.13. The van der Waals surface area contributed by atoms with Crippen LogP contribution in [0.4, 0.5) is 4.39 Å². The summed E-state index contributed by atoms with van der Waals surface area (Å²) in [7, 11) is 0. The maximum absolute atomic E-state index is 13.8. The minimum Gasteiger partial charge on any atom is -0.489 e. The van der Waals surface area contributed by atoms with Gasteiger partial charge in [0.15, 0.2) is 0 Å². The fourth-order valence-electron chi connectivity index (χ4n) is 1.63. The highest BCUT2D eigenvalue weighted by Gasteiger charge is 2.02. The number of benzene rings is 2. The minimum absolute atomic E-state index is 0.363. The molecule has 0 aromatic heterocycles. The molecule has 3 heteroatoms. The lowest BCUT2D eigenvalue weighted by Crippen LogP contribution is -1.96. The number of hydrogen-bond donors (Lipinski definition) is 0. The van der Waals surface area contributed by atoms with Gasteiger partial charge in [0.05, 0.1) is 5.56 Å². The second-order valence-corrected chi connectivity index (χ2v) is 4.53. The zero-order chi connectivity index (χ0) is 14.2. The van der Waals surface area contributed by atoms with Gasteiger partial charge in [0.25, 0.3) is 0 Å². The van der Waals surface area contributed by atoms with Gasteiger partial charge in [-0.15, -0.1) is 11.6 Å². The van der Waals surface area contributed by atoms with E-state index in [-0.39, 0.29) is 5.82 Å². The van der Waals surface area contributed by atoms with Crippen LogP contribution in [-0.2, 0) is 6.61 Å². The molecule has 0 atom stereocenters. The Morgan fingerprint density at radius 3 is 2.60 bits per heavy atom. The smallest absolute Gasteiger partial charge is 0.142 e. The van der Waals surface area contributed by atoms with E-state index in [9.17, 15) is 4.39 Å². The Hall–Kier alpha value is -1.98. The fraction of sp³-hybridized carbons (Fsp3) is 0.176. The molecule has 1 nitrogen and oxygen atoms in total.